The molecule has 0 aliphatic carbocycles. The number of nitrogens with one attached hydrogen (secondary N) is 1. The molecule has 5 heteroatoms. The number of aromatic nitrogens is 2. The fraction of sp³-hybridized carbons (Fsp3) is 0.750. The molecule has 0 bridgehead atoms. The lowest BCUT2D eigenvalue weighted by Crippen LogP contribution is -2.36. The normalized spacial score (nSPS) is 21.8. The van der Waals surface area contributed by atoms with Gasteiger partial charge in [-0.2, -0.15) is 5.10 Å². The molecule has 2 aliphatic heterocycles. The third kappa shape index (κ3) is 2.45. The highest BCUT2D eigenvalue weighted by molar-refractivity contribution is 5.40. The number of nitrogens with zero attached hydrogens (tertiary/aromatic N) is 3. The first-order chi connectivity index (χ1) is 8.43. The quantitative estimate of drug-likeness (QED) is 0.775. The van der Waals surface area contributed by atoms with Gasteiger partial charge >= 0.3 is 0 Å². The van der Waals surface area contributed by atoms with E-state index >= 15 is 0 Å². The summed E-state index contributed by atoms with van der Waals surface area (Å²) in [5.74, 6) is 1.12. The van der Waals surface area contributed by atoms with Crippen molar-refractivity contribution in [3.8, 4) is 0 Å². The van der Waals surface area contributed by atoms with E-state index in [1.54, 1.807) is 0 Å². The summed E-state index contributed by atoms with van der Waals surface area (Å²) in [6, 6.07) is 2.23. The molecule has 2 aliphatic rings. The van der Waals surface area contributed by atoms with Crippen molar-refractivity contribution in [2.24, 2.45) is 0 Å². The lowest BCUT2D eigenvalue weighted by atomic mass is 10.2. The molecular weight excluding hydrogens is 216 g/mol. The Balaban J connectivity index is 1.78. The van der Waals surface area contributed by atoms with E-state index in [0.29, 0.717) is 0 Å². The number of hydrogen-bond acceptors (Lipinski definition) is 4. The van der Waals surface area contributed by atoms with E-state index in [-0.39, 0.29) is 0 Å². The van der Waals surface area contributed by atoms with Crippen LogP contribution in [-0.2, 0) is 17.8 Å². The SMILES string of the molecule is c1c(N2CCOCC2)nn2c1CNCCCC2. The van der Waals surface area contributed by atoms with Crippen LogP contribution in [0, 0.1) is 0 Å². The molecule has 0 spiro atoms. The molecule has 0 saturated carbocycles. The van der Waals surface area contributed by atoms with Gasteiger partial charge in [0.25, 0.3) is 0 Å². The highest BCUT2D eigenvalue weighted by Gasteiger charge is 2.17. The minimum atomic E-state index is 0.820. The first-order valence-corrected chi connectivity index (χ1v) is 6.53. The van der Waals surface area contributed by atoms with Crippen LogP contribution in [0.25, 0.3) is 0 Å². The molecule has 5 nitrogen and oxygen atoms in total. The van der Waals surface area contributed by atoms with Gasteiger partial charge in [0.15, 0.2) is 5.82 Å². The fourth-order valence-corrected chi connectivity index (χ4v) is 2.45. The lowest BCUT2D eigenvalue weighted by Gasteiger charge is -2.26. The van der Waals surface area contributed by atoms with Crippen LogP contribution in [0.4, 0.5) is 5.82 Å². The number of aryl methyl sites for hydroxylation is 1. The Hall–Kier alpha value is -1.07. The van der Waals surface area contributed by atoms with E-state index in [2.05, 4.69) is 21.0 Å². The zero-order valence-electron chi connectivity index (χ0n) is 10.2. The summed E-state index contributed by atoms with van der Waals surface area (Å²) in [4.78, 5) is 2.32. The third-order valence-electron chi connectivity index (χ3n) is 3.47. The van der Waals surface area contributed by atoms with Gasteiger partial charge in [-0.05, 0) is 19.4 Å². The number of morpholine rings is 1. The van der Waals surface area contributed by atoms with Crippen LogP contribution >= 0.6 is 0 Å². The highest BCUT2D eigenvalue weighted by atomic mass is 16.5. The zero-order valence-corrected chi connectivity index (χ0v) is 10.2. The van der Waals surface area contributed by atoms with Crippen LogP contribution in [0.15, 0.2) is 6.07 Å². The van der Waals surface area contributed by atoms with Crippen molar-refractivity contribution in [2.45, 2.75) is 25.9 Å². The second-order valence-electron chi connectivity index (χ2n) is 4.70. The molecule has 17 heavy (non-hydrogen) atoms. The van der Waals surface area contributed by atoms with Gasteiger partial charge in [-0.3, -0.25) is 4.68 Å². The molecule has 0 amide bonds. The number of fused-ring (bicyclic) bond motifs is 1. The molecule has 1 aromatic rings. The van der Waals surface area contributed by atoms with Crippen molar-refractivity contribution >= 4 is 5.82 Å². The topological polar surface area (TPSA) is 42.3 Å². The summed E-state index contributed by atoms with van der Waals surface area (Å²) in [5.41, 5.74) is 1.31. The average molecular weight is 236 g/mol. The molecule has 1 saturated heterocycles. The van der Waals surface area contributed by atoms with Crippen LogP contribution < -0.4 is 10.2 Å². The number of rotatable bonds is 1. The van der Waals surface area contributed by atoms with Crippen molar-refractivity contribution in [1.29, 1.82) is 0 Å². The molecule has 94 valence electrons. The first-order valence-electron chi connectivity index (χ1n) is 6.53. The zero-order chi connectivity index (χ0) is 11.5. The van der Waals surface area contributed by atoms with Crippen LogP contribution in [0.2, 0.25) is 0 Å². The van der Waals surface area contributed by atoms with Gasteiger partial charge < -0.3 is 15.0 Å². The molecule has 0 unspecified atom stereocenters. The average Bonchev–Trinajstić information content (AvgIpc) is 2.73. The number of anilines is 1. The Morgan fingerprint density at radius 1 is 1.18 bits per heavy atom. The second kappa shape index (κ2) is 5.06. The minimum absolute atomic E-state index is 0.820. The third-order valence-corrected chi connectivity index (χ3v) is 3.47. The Kier molecular flexibility index (Phi) is 3.29. The van der Waals surface area contributed by atoms with Crippen molar-refractivity contribution in [2.75, 3.05) is 37.7 Å². The van der Waals surface area contributed by atoms with Gasteiger partial charge in [-0.25, -0.2) is 0 Å². The second-order valence-corrected chi connectivity index (χ2v) is 4.70. The van der Waals surface area contributed by atoms with Crippen molar-refractivity contribution in [1.82, 2.24) is 15.1 Å². The number of hydrogen-bond donors (Lipinski definition) is 1. The summed E-state index contributed by atoms with van der Waals surface area (Å²) >= 11 is 0. The molecule has 1 fully saturated rings. The Labute approximate surface area is 102 Å². The lowest BCUT2D eigenvalue weighted by molar-refractivity contribution is 0.122. The van der Waals surface area contributed by atoms with Gasteiger partial charge in [-0.1, -0.05) is 0 Å². The molecule has 3 heterocycles. The summed E-state index contributed by atoms with van der Waals surface area (Å²) in [6.07, 6.45) is 2.45. The smallest absolute Gasteiger partial charge is 0.151 e. The van der Waals surface area contributed by atoms with E-state index in [4.69, 9.17) is 9.84 Å². The maximum atomic E-state index is 5.37. The molecular formula is C12H20N4O. The molecule has 3 rings (SSSR count). The predicted octanol–water partition coefficient (Wildman–Crippen LogP) is 0.603. The maximum Gasteiger partial charge on any atom is 0.151 e. The van der Waals surface area contributed by atoms with Crippen LogP contribution in [0.5, 0.6) is 0 Å². The maximum absolute atomic E-state index is 5.37. The van der Waals surface area contributed by atoms with Gasteiger partial charge in [0.2, 0.25) is 0 Å². The van der Waals surface area contributed by atoms with E-state index in [1.807, 2.05) is 0 Å². The van der Waals surface area contributed by atoms with Crippen molar-refractivity contribution in [3.63, 3.8) is 0 Å². The van der Waals surface area contributed by atoms with E-state index in [0.717, 1.165) is 51.8 Å². The standard InChI is InChI=1S/C12H20N4O/c1-2-4-16-11(10-13-3-1)9-12(14-16)15-5-7-17-8-6-15/h9,13H,1-8,10H2. The monoisotopic (exact) mass is 236 g/mol. The van der Waals surface area contributed by atoms with Gasteiger partial charge in [-0.15, -0.1) is 0 Å². The van der Waals surface area contributed by atoms with Crippen molar-refractivity contribution in [3.05, 3.63) is 11.8 Å². The summed E-state index contributed by atoms with van der Waals surface area (Å²) < 4.78 is 7.54. The molecule has 0 atom stereocenters. The van der Waals surface area contributed by atoms with Gasteiger partial charge in [0.1, 0.15) is 0 Å². The van der Waals surface area contributed by atoms with Crippen molar-refractivity contribution < 1.29 is 4.74 Å². The highest BCUT2D eigenvalue weighted by Crippen LogP contribution is 2.17. The first kappa shape index (κ1) is 11.0. The Morgan fingerprint density at radius 2 is 2.06 bits per heavy atom. The van der Waals surface area contributed by atoms with E-state index < -0.39 is 0 Å². The summed E-state index contributed by atoms with van der Waals surface area (Å²) in [7, 11) is 0. The van der Waals surface area contributed by atoms with E-state index in [1.165, 1.54) is 18.5 Å². The molecule has 1 N–H and O–H groups in total. The minimum Gasteiger partial charge on any atom is -0.378 e. The predicted molar refractivity (Wildman–Crippen MR) is 66.2 cm³/mol. The van der Waals surface area contributed by atoms with Gasteiger partial charge in [0, 0.05) is 32.2 Å². The van der Waals surface area contributed by atoms with Crippen LogP contribution in [-0.4, -0.2) is 42.6 Å². The summed E-state index contributed by atoms with van der Waals surface area (Å²) in [6.45, 7) is 6.69. The molecule has 0 radical (unpaired) electrons. The molecule has 1 aromatic heterocycles. The largest absolute Gasteiger partial charge is 0.378 e. The molecule has 0 aromatic carbocycles. The van der Waals surface area contributed by atoms with Crippen LogP contribution in [0.1, 0.15) is 18.5 Å². The fourth-order valence-electron chi connectivity index (χ4n) is 2.45. The van der Waals surface area contributed by atoms with Gasteiger partial charge in [0.05, 0.1) is 18.9 Å². The Morgan fingerprint density at radius 3 is 2.94 bits per heavy atom. The summed E-state index contributed by atoms with van der Waals surface area (Å²) in [5, 5.41) is 8.18. The van der Waals surface area contributed by atoms with Crippen LogP contribution in [0.3, 0.4) is 0 Å². The Bertz CT molecular complexity index is 345. The number of ether oxygens (including phenoxy) is 1. The van der Waals surface area contributed by atoms with E-state index in [9.17, 15) is 0 Å².